The maximum Gasteiger partial charge on any atom is 0.415 e. The minimum atomic E-state index is -0.445. The fourth-order valence-corrected chi connectivity index (χ4v) is 6.30. The van der Waals surface area contributed by atoms with Gasteiger partial charge in [0.2, 0.25) is 0 Å². The number of piperidine rings is 3. The summed E-state index contributed by atoms with van der Waals surface area (Å²) < 4.78 is 21.8. The van der Waals surface area contributed by atoms with Crippen molar-refractivity contribution in [2.24, 2.45) is 5.92 Å². The lowest BCUT2D eigenvalue weighted by Crippen LogP contribution is -3.00. The van der Waals surface area contributed by atoms with E-state index in [9.17, 15) is 9.18 Å². The van der Waals surface area contributed by atoms with Gasteiger partial charge in [0.05, 0.1) is 31.9 Å². The van der Waals surface area contributed by atoms with Crippen molar-refractivity contribution in [1.82, 2.24) is 0 Å². The second kappa shape index (κ2) is 11.5. The van der Waals surface area contributed by atoms with E-state index in [0.29, 0.717) is 12.5 Å². The molecule has 0 N–H and O–H groups in total. The Labute approximate surface area is 217 Å². The molecule has 0 saturated carbocycles. The molecule has 3 aliphatic heterocycles. The summed E-state index contributed by atoms with van der Waals surface area (Å²) in [4.78, 5) is 15.9. The van der Waals surface area contributed by atoms with Gasteiger partial charge in [-0.2, -0.15) is 0 Å². The van der Waals surface area contributed by atoms with Crippen LogP contribution in [0.25, 0.3) is 0 Å². The van der Waals surface area contributed by atoms with Crippen LogP contribution >= 0.6 is 11.3 Å². The van der Waals surface area contributed by atoms with E-state index in [1.54, 1.807) is 29.5 Å². The first kappa shape index (κ1) is 25.7. The van der Waals surface area contributed by atoms with Gasteiger partial charge >= 0.3 is 6.09 Å². The van der Waals surface area contributed by atoms with E-state index in [1.165, 1.54) is 29.6 Å². The molecule has 2 bridgehead atoms. The number of rotatable bonds is 8. The molecule has 1 atom stereocenters. The molecule has 3 fully saturated rings. The Bertz CT molecular complexity index is 1090. The Morgan fingerprint density at radius 3 is 2.49 bits per heavy atom. The fraction of sp³-hybridized carbons (Fsp3) is 0.393. The van der Waals surface area contributed by atoms with E-state index in [4.69, 9.17) is 4.74 Å². The third-order valence-corrected chi connectivity index (χ3v) is 8.35. The number of fused-ring (bicyclic) bond motifs is 3. The van der Waals surface area contributed by atoms with Crippen LogP contribution < -0.4 is 17.3 Å². The van der Waals surface area contributed by atoms with E-state index in [1.807, 2.05) is 17.5 Å². The normalized spacial score (nSPS) is 22.9. The third-order valence-electron chi connectivity index (χ3n) is 7.49. The van der Waals surface area contributed by atoms with Crippen LogP contribution in [0.3, 0.4) is 0 Å². The van der Waals surface area contributed by atoms with E-state index in [0.717, 1.165) is 48.1 Å². The van der Waals surface area contributed by atoms with E-state index in [2.05, 4.69) is 30.3 Å². The summed E-state index contributed by atoms with van der Waals surface area (Å²) in [6.45, 7) is 4.63. The standard InChI is InChI=1S/C28H32FN2O2S.ClH/c29-25-12-4-5-13-26(25)30(20-24-11-7-19-34-24)28(32)33-27-21-31(17-14-23(27)15-18-31)16-6-10-22-8-2-1-3-9-22;/h1-5,7-9,11-13,19,23,27H,6,10,14-18,20-21H2;1H/q+1;/p-1/t23?,27-,31?;/m0./s1. The van der Waals surface area contributed by atoms with Crippen LogP contribution in [0.5, 0.6) is 0 Å². The molecule has 0 unspecified atom stereocenters. The first-order valence-corrected chi connectivity index (χ1v) is 13.1. The van der Waals surface area contributed by atoms with Crippen molar-refractivity contribution >= 4 is 23.1 Å². The number of ether oxygens (including phenoxy) is 1. The second-order valence-corrected chi connectivity index (χ2v) is 10.7. The number of amides is 1. The van der Waals surface area contributed by atoms with Gasteiger partial charge in [-0.25, -0.2) is 9.18 Å². The van der Waals surface area contributed by atoms with E-state index >= 15 is 0 Å². The monoisotopic (exact) mass is 514 g/mol. The molecular weight excluding hydrogens is 483 g/mol. The van der Waals surface area contributed by atoms with Gasteiger partial charge in [0, 0.05) is 30.1 Å². The van der Waals surface area contributed by atoms with Gasteiger partial charge in [0.15, 0.2) is 6.10 Å². The smallest absolute Gasteiger partial charge is 0.415 e. The summed E-state index contributed by atoms with van der Waals surface area (Å²) in [6, 6.07) is 21.0. The van der Waals surface area contributed by atoms with Gasteiger partial charge in [0.25, 0.3) is 0 Å². The lowest BCUT2D eigenvalue weighted by atomic mass is 9.83. The van der Waals surface area contributed by atoms with Crippen LogP contribution in [0, 0.1) is 11.7 Å². The molecule has 0 aliphatic carbocycles. The van der Waals surface area contributed by atoms with Crippen LogP contribution in [-0.4, -0.2) is 42.9 Å². The van der Waals surface area contributed by atoms with Crippen LogP contribution in [0.2, 0.25) is 0 Å². The summed E-state index contributed by atoms with van der Waals surface area (Å²) in [5, 5.41) is 1.97. The lowest BCUT2D eigenvalue weighted by Gasteiger charge is -2.52. The Morgan fingerprint density at radius 2 is 1.77 bits per heavy atom. The molecule has 35 heavy (non-hydrogen) atoms. The molecule has 1 aromatic heterocycles. The maximum absolute atomic E-state index is 14.6. The van der Waals surface area contributed by atoms with E-state index < -0.39 is 11.9 Å². The molecular formula is C28H32ClFN2O2S. The quantitative estimate of drug-likeness (QED) is 0.432. The van der Waals surface area contributed by atoms with Gasteiger partial charge in [-0.1, -0.05) is 48.5 Å². The number of benzene rings is 2. The summed E-state index contributed by atoms with van der Waals surface area (Å²) in [5.41, 5.74) is 1.65. The van der Waals surface area contributed by atoms with Crippen molar-refractivity contribution in [1.29, 1.82) is 0 Å². The molecule has 4 nitrogen and oxygen atoms in total. The Hall–Kier alpha value is -2.41. The predicted molar refractivity (Wildman–Crippen MR) is 134 cm³/mol. The van der Waals surface area contributed by atoms with Crippen LogP contribution in [-0.2, 0) is 17.7 Å². The number of quaternary nitrogens is 1. The van der Waals surface area contributed by atoms with Gasteiger partial charge < -0.3 is 21.6 Å². The van der Waals surface area contributed by atoms with Crippen LogP contribution in [0.15, 0.2) is 72.1 Å². The molecule has 0 spiro atoms. The molecule has 3 saturated heterocycles. The van der Waals surface area contributed by atoms with Crippen molar-refractivity contribution in [2.75, 3.05) is 31.1 Å². The summed E-state index contributed by atoms with van der Waals surface area (Å²) in [7, 11) is 0. The predicted octanol–water partition coefficient (Wildman–Crippen LogP) is 3.28. The first-order chi connectivity index (χ1) is 16.6. The SMILES string of the molecule is O=C(O[C@H]1C[N+]2(CCCc3ccccc3)CCC1CC2)N(Cc1cccs1)c1ccccc1F.[Cl-]. The van der Waals surface area contributed by atoms with Crippen LogP contribution in [0.4, 0.5) is 14.9 Å². The fourth-order valence-electron chi connectivity index (χ4n) is 5.60. The first-order valence-electron chi connectivity index (χ1n) is 12.3. The highest BCUT2D eigenvalue weighted by Crippen LogP contribution is 2.36. The molecule has 1 amide bonds. The number of carbonyl (C=O) groups is 1. The minimum Gasteiger partial charge on any atom is -1.00 e. The largest absolute Gasteiger partial charge is 1.00 e. The topological polar surface area (TPSA) is 29.5 Å². The Morgan fingerprint density at radius 1 is 1.03 bits per heavy atom. The van der Waals surface area contributed by atoms with Gasteiger partial charge in [-0.3, -0.25) is 4.90 Å². The van der Waals surface area contributed by atoms with Crippen molar-refractivity contribution in [3.05, 3.63) is 88.4 Å². The zero-order valence-electron chi connectivity index (χ0n) is 19.8. The number of aryl methyl sites for hydroxylation is 1. The molecule has 2 aromatic carbocycles. The highest BCUT2D eigenvalue weighted by atomic mass is 35.5. The Balaban J connectivity index is 0.00000289. The number of carbonyl (C=O) groups excluding carboxylic acids is 1. The highest BCUT2D eigenvalue weighted by molar-refractivity contribution is 7.09. The van der Waals surface area contributed by atoms with Gasteiger partial charge in [-0.05, 0) is 35.6 Å². The minimum absolute atomic E-state index is 0. The maximum atomic E-state index is 14.6. The van der Waals surface area contributed by atoms with Crippen molar-refractivity contribution in [3.8, 4) is 0 Å². The highest BCUT2D eigenvalue weighted by Gasteiger charge is 2.47. The molecule has 0 radical (unpaired) electrons. The summed E-state index contributed by atoms with van der Waals surface area (Å²) >= 11 is 1.56. The average Bonchev–Trinajstić information content (AvgIpc) is 3.38. The van der Waals surface area contributed by atoms with Crippen molar-refractivity contribution in [2.45, 2.75) is 38.3 Å². The number of para-hydroxylation sites is 1. The van der Waals surface area contributed by atoms with Crippen molar-refractivity contribution < 1.29 is 30.8 Å². The number of thiophene rings is 1. The number of nitrogens with zero attached hydrogens (tertiary/aromatic N) is 2. The molecule has 186 valence electrons. The molecule has 4 heterocycles. The zero-order chi connectivity index (χ0) is 23.4. The van der Waals surface area contributed by atoms with Gasteiger partial charge in [-0.15, -0.1) is 11.3 Å². The van der Waals surface area contributed by atoms with Crippen LogP contribution in [0.1, 0.15) is 29.7 Å². The van der Waals surface area contributed by atoms with Crippen molar-refractivity contribution in [3.63, 3.8) is 0 Å². The lowest BCUT2D eigenvalue weighted by molar-refractivity contribution is -0.946. The van der Waals surface area contributed by atoms with Gasteiger partial charge in [0.1, 0.15) is 12.4 Å². The number of hydrogen-bond acceptors (Lipinski definition) is 3. The molecule has 7 heteroatoms. The number of hydrogen-bond donors (Lipinski definition) is 0. The van der Waals surface area contributed by atoms with E-state index in [-0.39, 0.29) is 24.2 Å². The average molecular weight is 515 g/mol. The zero-order valence-corrected chi connectivity index (χ0v) is 21.4. The molecule has 3 aromatic rings. The number of anilines is 1. The molecule has 3 aliphatic rings. The Kier molecular flexibility index (Phi) is 8.47. The third kappa shape index (κ3) is 6.05. The summed E-state index contributed by atoms with van der Waals surface area (Å²) in [5.74, 6) is -0.00313. The number of halogens is 2. The summed E-state index contributed by atoms with van der Waals surface area (Å²) in [6.07, 6.45) is 3.84. The second-order valence-electron chi connectivity index (χ2n) is 9.66. The molecule has 6 rings (SSSR count).